The number of amides is 1. The number of aliphatic carboxylic acids is 1. The van der Waals surface area contributed by atoms with Crippen LogP contribution >= 0.6 is 0 Å². The van der Waals surface area contributed by atoms with Gasteiger partial charge in [-0.3, -0.25) is 9.59 Å². The summed E-state index contributed by atoms with van der Waals surface area (Å²) in [5.74, 6) is 0.860. The monoisotopic (exact) mass is 567 g/mol. The van der Waals surface area contributed by atoms with Gasteiger partial charge in [0.2, 0.25) is 5.91 Å². The van der Waals surface area contributed by atoms with Gasteiger partial charge in [-0.1, -0.05) is 82.6 Å². The van der Waals surface area contributed by atoms with Crippen LogP contribution < -0.4 is 0 Å². The molecule has 2 heterocycles. The number of carbonyl (C=O) groups is 2. The van der Waals surface area contributed by atoms with Gasteiger partial charge in [-0.2, -0.15) is 0 Å². The van der Waals surface area contributed by atoms with E-state index in [4.69, 9.17) is 5.11 Å². The van der Waals surface area contributed by atoms with Crippen molar-refractivity contribution in [3.63, 3.8) is 0 Å². The third kappa shape index (κ3) is 6.91. The topological polar surface area (TPSA) is 83.4 Å². The first kappa shape index (κ1) is 29.9. The number of rotatable bonds is 9. The average molecular weight is 568 g/mol. The van der Waals surface area contributed by atoms with Crippen molar-refractivity contribution in [3.05, 3.63) is 72.1 Å². The first-order valence-electron chi connectivity index (χ1n) is 15.7. The Hall–Kier alpha value is -3.54. The Morgan fingerprint density at radius 1 is 0.881 bits per heavy atom. The number of hydrogen-bond donors (Lipinski definition) is 1. The largest absolute Gasteiger partial charge is 0.481 e. The van der Waals surface area contributed by atoms with Gasteiger partial charge in [-0.25, -0.2) is 9.97 Å². The van der Waals surface area contributed by atoms with Gasteiger partial charge in [0.05, 0.1) is 5.92 Å². The number of hydrogen-bond acceptors (Lipinski definition) is 4. The van der Waals surface area contributed by atoms with E-state index in [2.05, 4.69) is 61.9 Å². The Balaban J connectivity index is 1.18. The molecular weight excluding hydrogens is 522 g/mol. The summed E-state index contributed by atoms with van der Waals surface area (Å²) in [4.78, 5) is 35.1. The van der Waals surface area contributed by atoms with Crippen molar-refractivity contribution in [3.8, 4) is 22.5 Å². The standard InChI is InChI=1S/C36H45N3O3/c1-5-6-29(34(40)39-22-31(23-39)35(41)42)19-24-7-9-28(10-8-24)33-37-20-30(21-38-33)27-13-11-25(12-14-27)26-15-17-32(18-16-26)36(2,3)4/h7-14,20-21,26,29,31-32H,5-6,15-19,22-23H2,1-4H3,(H,41,42). The molecule has 1 saturated carbocycles. The van der Waals surface area contributed by atoms with Crippen molar-refractivity contribution in [1.82, 2.24) is 14.9 Å². The molecule has 1 N–H and O–H groups in total. The molecule has 42 heavy (non-hydrogen) atoms. The van der Waals surface area contributed by atoms with E-state index < -0.39 is 11.9 Å². The van der Waals surface area contributed by atoms with Crippen LogP contribution in [0.25, 0.3) is 22.5 Å². The summed E-state index contributed by atoms with van der Waals surface area (Å²) >= 11 is 0. The minimum Gasteiger partial charge on any atom is -0.481 e. The van der Waals surface area contributed by atoms with E-state index in [1.54, 1.807) is 4.90 Å². The molecule has 2 fully saturated rings. The van der Waals surface area contributed by atoms with Crippen LogP contribution in [0.4, 0.5) is 0 Å². The fourth-order valence-corrected chi connectivity index (χ4v) is 6.68. The van der Waals surface area contributed by atoms with Crippen LogP contribution in [-0.2, 0) is 16.0 Å². The molecule has 1 aliphatic heterocycles. The first-order valence-corrected chi connectivity index (χ1v) is 15.7. The molecule has 1 aliphatic carbocycles. The fourth-order valence-electron chi connectivity index (χ4n) is 6.68. The average Bonchev–Trinajstić information content (AvgIpc) is 2.96. The number of carbonyl (C=O) groups excluding carboxylic acids is 1. The zero-order valence-corrected chi connectivity index (χ0v) is 25.6. The summed E-state index contributed by atoms with van der Waals surface area (Å²) in [5.41, 5.74) is 6.02. The van der Waals surface area contributed by atoms with Crippen molar-refractivity contribution in [2.24, 2.45) is 23.2 Å². The van der Waals surface area contributed by atoms with Crippen LogP contribution in [0, 0.1) is 23.2 Å². The summed E-state index contributed by atoms with van der Waals surface area (Å²) < 4.78 is 0. The molecule has 6 heteroatoms. The lowest BCUT2D eigenvalue weighted by Crippen LogP contribution is -2.54. The first-order chi connectivity index (χ1) is 20.1. The molecule has 6 nitrogen and oxygen atoms in total. The number of carboxylic acids is 1. The van der Waals surface area contributed by atoms with Crippen molar-refractivity contribution in [2.45, 2.75) is 78.6 Å². The van der Waals surface area contributed by atoms with Crippen molar-refractivity contribution >= 4 is 11.9 Å². The Kier molecular flexibility index (Phi) is 9.10. The molecule has 1 saturated heterocycles. The molecular formula is C36H45N3O3. The molecule has 5 rings (SSSR count). The fraction of sp³-hybridized carbons (Fsp3) is 0.500. The van der Waals surface area contributed by atoms with E-state index in [1.165, 1.54) is 31.2 Å². The summed E-state index contributed by atoms with van der Waals surface area (Å²) in [7, 11) is 0. The normalized spacial score (nSPS) is 20.1. The van der Waals surface area contributed by atoms with Crippen LogP contribution in [0.3, 0.4) is 0 Å². The highest BCUT2D eigenvalue weighted by atomic mass is 16.4. The van der Waals surface area contributed by atoms with Crippen LogP contribution in [0.15, 0.2) is 60.9 Å². The number of benzene rings is 2. The lowest BCUT2D eigenvalue weighted by molar-refractivity contribution is -0.154. The van der Waals surface area contributed by atoms with Crippen LogP contribution in [-0.4, -0.2) is 44.9 Å². The quantitative estimate of drug-likeness (QED) is 0.287. The van der Waals surface area contributed by atoms with E-state index in [-0.39, 0.29) is 11.8 Å². The van der Waals surface area contributed by atoms with Crippen LogP contribution in [0.1, 0.15) is 83.3 Å². The van der Waals surface area contributed by atoms with Gasteiger partial charge in [-0.15, -0.1) is 0 Å². The maximum absolute atomic E-state index is 13.0. The molecule has 222 valence electrons. The SMILES string of the molecule is CCCC(Cc1ccc(-c2ncc(-c3ccc(C4CCC(C(C)(C)C)CC4)cc3)cn2)cc1)C(=O)N1CC(C(=O)O)C1. The number of carboxylic acid groups (broad SMARTS) is 1. The highest BCUT2D eigenvalue weighted by molar-refractivity contribution is 5.83. The Bertz CT molecular complexity index is 1350. The second-order valence-corrected chi connectivity index (χ2v) is 13.5. The summed E-state index contributed by atoms with van der Waals surface area (Å²) in [6, 6.07) is 17.1. The summed E-state index contributed by atoms with van der Waals surface area (Å²) in [5, 5.41) is 9.14. The zero-order valence-electron chi connectivity index (χ0n) is 25.6. The maximum Gasteiger partial charge on any atom is 0.310 e. The minimum atomic E-state index is -0.820. The van der Waals surface area contributed by atoms with E-state index in [0.717, 1.165) is 41.0 Å². The molecule has 0 spiro atoms. The summed E-state index contributed by atoms with van der Waals surface area (Å²) in [6.45, 7) is 9.84. The van der Waals surface area contributed by atoms with Gasteiger partial charge in [-0.05, 0) is 72.5 Å². The smallest absolute Gasteiger partial charge is 0.310 e. The van der Waals surface area contributed by atoms with Crippen LogP contribution in [0.2, 0.25) is 0 Å². The molecule has 3 aromatic rings. The van der Waals surface area contributed by atoms with Crippen molar-refractivity contribution in [2.75, 3.05) is 13.1 Å². The minimum absolute atomic E-state index is 0.0679. The molecule has 0 radical (unpaired) electrons. The molecule has 1 amide bonds. The van der Waals surface area contributed by atoms with Crippen molar-refractivity contribution < 1.29 is 14.7 Å². The maximum atomic E-state index is 13.0. The Morgan fingerprint density at radius 2 is 1.48 bits per heavy atom. The summed E-state index contributed by atoms with van der Waals surface area (Å²) in [6.07, 6.45) is 11.3. The molecule has 2 aromatic carbocycles. The van der Waals surface area contributed by atoms with E-state index in [0.29, 0.717) is 36.7 Å². The Morgan fingerprint density at radius 3 is 2.02 bits per heavy atom. The van der Waals surface area contributed by atoms with Gasteiger partial charge in [0.25, 0.3) is 0 Å². The Labute approximate surface area is 250 Å². The second-order valence-electron chi connectivity index (χ2n) is 13.5. The molecule has 2 aliphatic rings. The molecule has 1 atom stereocenters. The van der Waals surface area contributed by atoms with Crippen molar-refractivity contribution in [1.29, 1.82) is 0 Å². The van der Waals surface area contributed by atoms with Gasteiger partial charge >= 0.3 is 5.97 Å². The molecule has 1 aromatic heterocycles. The van der Waals surface area contributed by atoms with E-state index >= 15 is 0 Å². The van der Waals surface area contributed by atoms with Gasteiger partial charge in [0.15, 0.2) is 5.82 Å². The molecule has 0 bridgehead atoms. The predicted molar refractivity (Wildman–Crippen MR) is 167 cm³/mol. The highest BCUT2D eigenvalue weighted by Gasteiger charge is 2.38. The van der Waals surface area contributed by atoms with Crippen LogP contribution in [0.5, 0.6) is 0 Å². The van der Waals surface area contributed by atoms with Gasteiger partial charge < -0.3 is 10.0 Å². The van der Waals surface area contributed by atoms with E-state index in [9.17, 15) is 9.59 Å². The lowest BCUT2D eigenvalue weighted by Gasteiger charge is -2.39. The second kappa shape index (κ2) is 12.8. The highest BCUT2D eigenvalue weighted by Crippen LogP contribution is 2.43. The zero-order chi connectivity index (χ0) is 29.9. The predicted octanol–water partition coefficient (Wildman–Crippen LogP) is 7.63. The third-order valence-corrected chi connectivity index (χ3v) is 9.54. The third-order valence-electron chi connectivity index (χ3n) is 9.54. The number of aromatic nitrogens is 2. The van der Waals surface area contributed by atoms with Gasteiger partial charge in [0.1, 0.15) is 0 Å². The van der Waals surface area contributed by atoms with E-state index in [1.807, 2.05) is 36.7 Å². The lowest BCUT2D eigenvalue weighted by atomic mass is 9.68. The number of nitrogens with zero attached hydrogens (tertiary/aromatic N) is 3. The van der Waals surface area contributed by atoms with Gasteiger partial charge in [0, 0.05) is 42.5 Å². The number of likely N-dealkylation sites (tertiary alicyclic amines) is 1. The molecule has 1 unspecified atom stereocenters.